The predicted octanol–water partition coefficient (Wildman–Crippen LogP) is 3.64. The summed E-state index contributed by atoms with van der Waals surface area (Å²) < 4.78 is 0. The molecule has 0 bridgehead atoms. The second kappa shape index (κ2) is 6.97. The number of aromatic nitrogens is 4. The molecular formula is C19H15N5OS. The molecule has 128 valence electrons. The van der Waals surface area contributed by atoms with Crippen molar-refractivity contribution in [3.63, 3.8) is 0 Å². The fourth-order valence-electron chi connectivity index (χ4n) is 2.54. The Bertz CT molecular complexity index is 1060. The summed E-state index contributed by atoms with van der Waals surface area (Å²) in [6, 6.07) is 13.1. The molecule has 6 nitrogen and oxygen atoms in total. The van der Waals surface area contributed by atoms with E-state index in [2.05, 4.69) is 25.3 Å². The fourth-order valence-corrected chi connectivity index (χ4v) is 3.38. The first-order chi connectivity index (χ1) is 12.7. The number of amides is 1. The Kier molecular flexibility index (Phi) is 4.37. The van der Waals surface area contributed by atoms with Crippen LogP contribution in [0.1, 0.15) is 28.5 Å². The van der Waals surface area contributed by atoms with Crippen LogP contribution >= 0.6 is 11.3 Å². The number of nitrogens with one attached hydrogen (secondary N) is 1. The van der Waals surface area contributed by atoms with E-state index in [4.69, 9.17) is 0 Å². The molecule has 0 radical (unpaired) electrons. The molecule has 7 heteroatoms. The van der Waals surface area contributed by atoms with E-state index in [9.17, 15) is 4.79 Å². The Morgan fingerprint density at radius 1 is 1.04 bits per heavy atom. The molecule has 0 fully saturated rings. The first-order valence-electron chi connectivity index (χ1n) is 8.10. The number of benzene rings is 1. The van der Waals surface area contributed by atoms with Crippen LogP contribution in [0.5, 0.6) is 0 Å². The monoisotopic (exact) mass is 361 g/mol. The zero-order valence-corrected chi connectivity index (χ0v) is 14.8. The van der Waals surface area contributed by atoms with E-state index in [1.165, 1.54) is 11.3 Å². The third-order valence-corrected chi connectivity index (χ3v) is 4.90. The van der Waals surface area contributed by atoms with Gasteiger partial charge in [0.25, 0.3) is 5.91 Å². The van der Waals surface area contributed by atoms with Crippen molar-refractivity contribution in [1.29, 1.82) is 0 Å². The molecule has 0 aliphatic heterocycles. The summed E-state index contributed by atoms with van der Waals surface area (Å²) >= 11 is 1.52. The number of pyridine rings is 1. The largest absolute Gasteiger partial charge is 0.342 e. The smallest absolute Gasteiger partial charge is 0.270 e. The minimum absolute atomic E-state index is 0.218. The average molecular weight is 361 g/mol. The highest BCUT2D eigenvalue weighted by Gasteiger charge is 2.16. The summed E-state index contributed by atoms with van der Waals surface area (Å²) in [5.74, 6) is -0.262. The van der Waals surface area contributed by atoms with Gasteiger partial charge in [-0.1, -0.05) is 30.3 Å². The van der Waals surface area contributed by atoms with Crippen molar-refractivity contribution in [2.45, 2.75) is 13.0 Å². The lowest BCUT2D eigenvalue weighted by Crippen LogP contribution is -2.27. The zero-order valence-electron chi connectivity index (χ0n) is 14.0. The van der Waals surface area contributed by atoms with Crippen LogP contribution in [0.3, 0.4) is 0 Å². The van der Waals surface area contributed by atoms with E-state index in [0.717, 1.165) is 16.3 Å². The van der Waals surface area contributed by atoms with Crippen molar-refractivity contribution in [3.05, 3.63) is 70.9 Å². The minimum Gasteiger partial charge on any atom is -0.342 e. The molecule has 3 heterocycles. The number of carbonyl (C=O) groups is 1. The zero-order chi connectivity index (χ0) is 17.9. The molecule has 1 unspecified atom stereocenters. The molecule has 4 rings (SSSR count). The fraction of sp³-hybridized carbons (Fsp3) is 0.105. The van der Waals surface area contributed by atoms with Crippen LogP contribution in [-0.4, -0.2) is 25.8 Å². The van der Waals surface area contributed by atoms with Crippen molar-refractivity contribution < 1.29 is 4.79 Å². The maximum Gasteiger partial charge on any atom is 0.270 e. The van der Waals surface area contributed by atoms with E-state index in [1.54, 1.807) is 24.5 Å². The quantitative estimate of drug-likeness (QED) is 0.600. The van der Waals surface area contributed by atoms with Gasteiger partial charge in [-0.05, 0) is 19.1 Å². The van der Waals surface area contributed by atoms with Crippen molar-refractivity contribution in [2.24, 2.45) is 0 Å². The molecule has 0 saturated heterocycles. The normalized spacial score (nSPS) is 12.0. The maximum atomic E-state index is 12.5. The molecule has 1 aromatic carbocycles. The third-order valence-electron chi connectivity index (χ3n) is 3.87. The first kappa shape index (κ1) is 16.3. The highest BCUT2D eigenvalue weighted by Crippen LogP contribution is 2.25. The van der Waals surface area contributed by atoms with Crippen LogP contribution in [0.15, 0.2) is 60.2 Å². The summed E-state index contributed by atoms with van der Waals surface area (Å²) in [6.07, 6.45) is 3.15. The van der Waals surface area contributed by atoms with Crippen LogP contribution in [-0.2, 0) is 0 Å². The van der Waals surface area contributed by atoms with Gasteiger partial charge in [0.05, 0.1) is 11.7 Å². The van der Waals surface area contributed by atoms with E-state index >= 15 is 0 Å². The number of hydrogen-bond acceptors (Lipinski definition) is 6. The first-order valence-corrected chi connectivity index (χ1v) is 8.98. The second-order valence-corrected chi connectivity index (χ2v) is 6.62. The molecule has 0 aliphatic rings. The Morgan fingerprint density at radius 3 is 2.69 bits per heavy atom. The second-order valence-electron chi connectivity index (χ2n) is 5.73. The van der Waals surface area contributed by atoms with Gasteiger partial charge in [-0.3, -0.25) is 9.78 Å². The van der Waals surface area contributed by atoms with Crippen molar-refractivity contribution >= 4 is 28.4 Å². The molecule has 1 N–H and O–H groups in total. The van der Waals surface area contributed by atoms with Gasteiger partial charge in [-0.15, -0.1) is 11.3 Å². The average Bonchev–Trinajstić information content (AvgIpc) is 3.18. The summed E-state index contributed by atoms with van der Waals surface area (Å²) in [5.41, 5.74) is 3.39. The number of rotatable bonds is 4. The predicted molar refractivity (Wildman–Crippen MR) is 101 cm³/mol. The topological polar surface area (TPSA) is 80.7 Å². The lowest BCUT2D eigenvalue weighted by Gasteiger charge is -2.11. The number of nitrogens with zero attached hydrogens (tertiary/aromatic N) is 4. The highest BCUT2D eigenvalue weighted by molar-refractivity contribution is 7.10. The van der Waals surface area contributed by atoms with Crippen LogP contribution in [0.4, 0.5) is 0 Å². The summed E-state index contributed by atoms with van der Waals surface area (Å²) in [7, 11) is 0. The van der Waals surface area contributed by atoms with E-state index in [1.807, 2.05) is 42.6 Å². The minimum atomic E-state index is -0.262. The van der Waals surface area contributed by atoms with Crippen LogP contribution in [0, 0.1) is 0 Å². The Balaban J connectivity index is 1.51. The summed E-state index contributed by atoms with van der Waals surface area (Å²) in [6.45, 7) is 1.91. The standard InChI is InChI=1S/C19H15N5OS/c1-12(19-24-16(11-26-19)13-5-3-2-4-6-13)22-18(25)15-8-7-14-17(23-15)21-10-9-20-14/h2-12H,1H3,(H,22,25). The van der Waals surface area contributed by atoms with Gasteiger partial charge in [-0.25, -0.2) is 15.0 Å². The van der Waals surface area contributed by atoms with Crippen molar-refractivity contribution in [2.75, 3.05) is 0 Å². The highest BCUT2D eigenvalue weighted by atomic mass is 32.1. The van der Waals surface area contributed by atoms with Gasteiger partial charge < -0.3 is 5.32 Å². The van der Waals surface area contributed by atoms with Gasteiger partial charge in [0, 0.05) is 23.3 Å². The molecule has 26 heavy (non-hydrogen) atoms. The van der Waals surface area contributed by atoms with Crippen LogP contribution < -0.4 is 5.32 Å². The summed E-state index contributed by atoms with van der Waals surface area (Å²) in [4.78, 5) is 29.7. The van der Waals surface area contributed by atoms with Gasteiger partial charge in [0.2, 0.25) is 0 Å². The Hall–Kier alpha value is -3.19. The Labute approximate surface area is 154 Å². The van der Waals surface area contributed by atoms with Crippen molar-refractivity contribution in [1.82, 2.24) is 25.3 Å². The Morgan fingerprint density at radius 2 is 1.85 bits per heavy atom. The van der Waals surface area contributed by atoms with Crippen molar-refractivity contribution in [3.8, 4) is 11.3 Å². The molecule has 1 amide bonds. The molecule has 0 saturated carbocycles. The van der Waals surface area contributed by atoms with Gasteiger partial charge >= 0.3 is 0 Å². The lowest BCUT2D eigenvalue weighted by atomic mass is 10.2. The number of hydrogen-bond donors (Lipinski definition) is 1. The number of thiazole rings is 1. The third kappa shape index (κ3) is 3.29. The van der Waals surface area contributed by atoms with E-state index < -0.39 is 0 Å². The van der Waals surface area contributed by atoms with Gasteiger partial charge in [0.1, 0.15) is 16.2 Å². The van der Waals surface area contributed by atoms with Gasteiger partial charge in [-0.2, -0.15) is 0 Å². The van der Waals surface area contributed by atoms with Crippen LogP contribution in [0.25, 0.3) is 22.4 Å². The maximum absolute atomic E-state index is 12.5. The SMILES string of the molecule is CC(NC(=O)c1ccc2nccnc2n1)c1nc(-c2ccccc2)cs1. The lowest BCUT2D eigenvalue weighted by molar-refractivity contribution is 0.0935. The van der Waals surface area contributed by atoms with Gasteiger partial charge in [0.15, 0.2) is 5.65 Å². The van der Waals surface area contributed by atoms with E-state index in [-0.39, 0.29) is 11.9 Å². The van der Waals surface area contributed by atoms with Crippen LogP contribution in [0.2, 0.25) is 0 Å². The molecular weight excluding hydrogens is 346 g/mol. The molecule has 1 atom stereocenters. The molecule has 0 spiro atoms. The van der Waals surface area contributed by atoms with E-state index in [0.29, 0.717) is 16.9 Å². The number of fused-ring (bicyclic) bond motifs is 1. The molecule has 3 aromatic heterocycles. The number of carbonyl (C=O) groups excluding carboxylic acids is 1. The molecule has 4 aromatic rings. The summed E-state index contributed by atoms with van der Waals surface area (Å²) in [5, 5.41) is 5.78. The molecule has 0 aliphatic carbocycles.